The number of hydrogen-bond acceptors (Lipinski definition) is 3. The lowest BCUT2D eigenvalue weighted by atomic mass is 9.91. The molecule has 3 nitrogen and oxygen atoms in total. The topological polar surface area (TPSA) is 38.7 Å². The summed E-state index contributed by atoms with van der Waals surface area (Å²) in [6.07, 6.45) is 0. The predicted octanol–water partition coefficient (Wildman–Crippen LogP) is 13.3. The van der Waals surface area contributed by atoms with E-state index in [0.717, 1.165) is 33.4 Å². The van der Waals surface area contributed by atoms with Crippen LogP contribution in [-0.2, 0) is 0 Å². The van der Waals surface area contributed by atoms with Gasteiger partial charge < -0.3 is 0 Å². The van der Waals surface area contributed by atoms with Gasteiger partial charge in [0.2, 0.25) is 0 Å². The highest BCUT2D eigenvalue weighted by molar-refractivity contribution is 6.25. The van der Waals surface area contributed by atoms with Gasteiger partial charge in [0.05, 0.1) is 0 Å². The largest absolute Gasteiger partial charge is 0.208 e. The second-order valence-electron chi connectivity index (χ2n) is 13.6. The molecule has 0 fully saturated rings. The summed E-state index contributed by atoms with van der Waals surface area (Å²) >= 11 is 0. The maximum absolute atomic E-state index is 5.05. The van der Waals surface area contributed by atoms with Crippen molar-refractivity contribution in [3.63, 3.8) is 0 Å². The van der Waals surface area contributed by atoms with Crippen molar-refractivity contribution in [2.45, 2.75) is 0 Å². The number of rotatable bonds is 6. The molecule has 0 aliphatic rings. The Morgan fingerprint density at radius 3 is 1.06 bits per heavy atom. The molecule has 0 amide bonds. The van der Waals surface area contributed by atoms with Gasteiger partial charge in [0, 0.05) is 16.7 Å². The van der Waals surface area contributed by atoms with Gasteiger partial charge in [-0.15, -0.1) is 0 Å². The first-order valence-electron chi connectivity index (χ1n) is 18.3. The van der Waals surface area contributed by atoms with Crippen LogP contribution >= 0.6 is 0 Å². The summed E-state index contributed by atoms with van der Waals surface area (Å²) in [5, 5.41) is 7.67. The third-order valence-electron chi connectivity index (χ3n) is 10.3. The molecule has 0 aliphatic carbocycles. The van der Waals surface area contributed by atoms with E-state index in [1.807, 2.05) is 36.4 Å². The van der Waals surface area contributed by atoms with Crippen molar-refractivity contribution in [2.24, 2.45) is 0 Å². The minimum absolute atomic E-state index is 0.637. The minimum Gasteiger partial charge on any atom is -0.208 e. The summed E-state index contributed by atoms with van der Waals surface area (Å²) in [5.41, 5.74) is 9.74. The van der Waals surface area contributed by atoms with Crippen LogP contribution in [0.5, 0.6) is 0 Å². The Kier molecular flexibility index (Phi) is 7.81. The lowest BCUT2D eigenvalue weighted by Crippen LogP contribution is -2.00. The molecule has 1 heterocycles. The number of nitrogens with zero attached hydrogens (tertiary/aromatic N) is 3. The average molecular weight is 688 g/mol. The lowest BCUT2D eigenvalue weighted by molar-refractivity contribution is 1.07. The molecule has 1 aromatic heterocycles. The highest BCUT2D eigenvalue weighted by Gasteiger charge is 2.14. The van der Waals surface area contributed by atoms with Crippen LogP contribution in [0.4, 0.5) is 0 Å². The van der Waals surface area contributed by atoms with E-state index < -0.39 is 0 Å². The number of aromatic nitrogens is 3. The van der Waals surface area contributed by atoms with Crippen molar-refractivity contribution in [3.8, 4) is 67.5 Å². The van der Waals surface area contributed by atoms with E-state index in [1.165, 1.54) is 49.0 Å². The molecule has 0 aliphatic heterocycles. The van der Waals surface area contributed by atoms with Gasteiger partial charge in [-0.25, -0.2) is 15.0 Å². The van der Waals surface area contributed by atoms with Crippen LogP contribution in [0.2, 0.25) is 0 Å². The first-order valence-corrected chi connectivity index (χ1v) is 18.3. The molecule has 0 N–H and O–H groups in total. The Hall–Kier alpha value is -7.23. The SMILES string of the molecule is c1ccc(-c2ccc(-c3nc(-c4ccccc4)nc(-c4cccc(-c5cccc(-c6ccc7c8ccccc8c8ccccc8c7c6)c5)c4)n3)cc2)cc1. The van der Waals surface area contributed by atoms with Crippen LogP contribution in [0, 0.1) is 0 Å². The smallest absolute Gasteiger partial charge is 0.164 e. The lowest BCUT2D eigenvalue weighted by Gasteiger charge is -2.13. The maximum Gasteiger partial charge on any atom is 0.164 e. The Labute approximate surface area is 313 Å². The Balaban J connectivity index is 1.04. The summed E-state index contributed by atoms with van der Waals surface area (Å²) in [7, 11) is 0. The fourth-order valence-electron chi connectivity index (χ4n) is 7.60. The van der Waals surface area contributed by atoms with Gasteiger partial charge in [0.1, 0.15) is 0 Å². The molecule has 0 saturated carbocycles. The molecule has 0 saturated heterocycles. The van der Waals surface area contributed by atoms with Gasteiger partial charge in [-0.1, -0.05) is 182 Å². The molecule has 0 radical (unpaired) electrons. The summed E-state index contributed by atoms with van der Waals surface area (Å²) in [6, 6.07) is 70.6. The second kappa shape index (κ2) is 13.4. The van der Waals surface area contributed by atoms with Crippen molar-refractivity contribution in [1.29, 1.82) is 0 Å². The van der Waals surface area contributed by atoms with Gasteiger partial charge >= 0.3 is 0 Å². The summed E-state index contributed by atoms with van der Waals surface area (Å²) in [4.78, 5) is 15.0. The molecule has 3 heteroatoms. The summed E-state index contributed by atoms with van der Waals surface area (Å²) in [6.45, 7) is 0. The highest BCUT2D eigenvalue weighted by atomic mass is 15.0. The van der Waals surface area contributed by atoms with Gasteiger partial charge in [-0.2, -0.15) is 0 Å². The molecule has 54 heavy (non-hydrogen) atoms. The molecule has 0 bridgehead atoms. The minimum atomic E-state index is 0.637. The van der Waals surface area contributed by atoms with Crippen LogP contribution in [-0.4, -0.2) is 15.0 Å². The van der Waals surface area contributed by atoms with Gasteiger partial charge in [0.25, 0.3) is 0 Å². The number of hydrogen-bond donors (Lipinski definition) is 0. The molecule has 9 aromatic carbocycles. The first-order chi connectivity index (χ1) is 26.7. The second-order valence-corrected chi connectivity index (χ2v) is 13.6. The third kappa shape index (κ3) is 5.78. The predicted molar refractivity (Wildman–Crippen MR) is 225 cm³/mol. The monoisotopic (exact) mass is 687 g/mol. The van der Waals surface area contributed by atoms with E-state index in [1.54, 1.807) is 0 Å². The van der Waals surface area contributed by atoms with Crippen molar-refractivity contribution in [1.82, 2.24) is 15.0 Å². The number of benzene rings is 9. The van der Waals surface area contributed by atoms with E-state index in [4.69, 9.17) is 15.0 Å². The van der Waals surface area contributed by atoms with Crippen LogP contribution in [0.1, 0.15) is 0 Å². The summed E-state index contributed by atoms with van der Waals surface area (Å²) < 4.78 is 0. The van der Waals surface area contributed by atoms with Gasteiger partial charge in [0.15, 0.2) is 17.5 Å². The maximum atomic E-state index is 5.05. The van der Waals surface area contributed by atoms with Crippen LogP contribution in [0.25, 0.3) is 99.9 Å². The molecule has 0 unspecified atom stereocenters. The Morgan fingerprint density at radius 1 is 0.185 bits per heavy atom. The van der Waals surface area contributed by atoms with Crippen LogP contribution in [0.15, 0.2) is 200 Å². The van der Waals surface area contributed by atoms with Crippen LogP contribution < -0.4 is 0 Å². The van der Waals surface area contributed by atoms with Crippen molar-refractivity contribution < 1.29 is 0 Å². The van der Waals surface area contributed by atoms with E-state index in [0.29, 0.717) is 17.5 Å². The molecule has 0 spiro atoms. The Bertz CT molecular complexity index is 2940. The Morgan fingerprint density at radius 2 is 0.500 bits per heavy atom. The highest BCUT2D eigenvalue weighted by Crippen LogP contribution is 2.38. The molecule has 10 aromatic rings. The standard InChI is InChI=1S/C51H33N3/c1-3-13-34(14-4-1)35-25-27-37(28-26-35)50-52-49(36-15-5-2-6-16-36)53-51(54-50)42-20-12-19-40(32-42)38-17-11-18-39(31-38)41-29-30-47-45-23-8-7-21-43(45)44-22-9-10-24-46(44)48(47)33-41/h1-33H. The third-order valence-corrected chi connectivity index (χ3v) is 10.3. The zero-order valence-electron chi connectivity index (χ0n) is 29.4. The molecular formula is C51H33N3. The number of fused-ring (bicyclic) bond motifs is 6. The van der Waals surface area contributed by atoms with Gasteiger partial charge in [-0.3, -0.25) is 0 Å². The summed E-state index contributed by atoms with van der Waals surface area (Å²) in [5.74, 6) is 1.92. The average Bonchev–Trinajstić information content (AvgIpc) is 3.27. The zero-order valence-corrected chi connectivity index (χ0v) is 29.4. The van der Waals surface area contributed by atoms with Crippen molar-refractivity contribution >= 4 is 32.3 Å². The molecule has 0 atom stereocenters. The normalized spacial score (nSPS) is 11.3. The van der Waals surface area contributed by atoms with E-state index in [9.17, 15) is 0 Å². The van der Waals surface area contributed by atoms with E-state index >= 15 is 0 Å². The van der Waals surface area contributed by atoms with E-state index in [2.05, 4.69) is 164 Å². The first kappa shape index (κ1) is 31.5. The zero-order chi connectivity index (χ0) is 35.8. The van der Waals surface area contributed by atoms with Crippen LogP contribution in [0.3, 0.4) is 0 Å². The fourth-order valence-corrected chi connectivity index (χ4v) is 7.60. The quantitative estimate of drug-likeness (QED) is 0.163. The van der Waals surface area contributed by atoms with E-state index in [-0.39, 0.29) is 0 Å². The fraction of sp³-hybridized carbons (Fsp3) is 0. The molecule has 252 valence electrons. The molecular weight excluding hydrogens is 655 g/mol. The molecule has 10 rings (SSSR count). The van der Waals surface area contributed by atoms with Gasteiger partial charge in [-0.05, 0) is 83.9 Å². The van der Waals surface area contributed by atoms with Crippen molar-refractivity contribution in [3.05, 3.63) is 200 Å². The van der Waals surface area contributed by atoms with Crippen molar-refractivity contribution in [2.75, 3.05) is 0 Å².